The van der Waals surface area contributed by atoms with Crippen molar-refractivity contribution in [3.05, 3.63) is 22.4 Å². The maximum Gasteiger partial charge on any atom is 0.240 e. The molecule has 1 aromatic rings. The molecule has 1 aliphatic carbocycles. The van der Waals surface area contributed by atoms with Crippen LogP contribution in [-0.4, -0.2) is 12.5 Å². The van der Waals surface area contributed by atoms with Gasteiger partial charge in [0.2, 0.25) is 5.91 Å². The van der Waals surface area contributed by atoms with Crippen molar-refractivity contribution in [3.8, 4) is 6.07 Å². The van der Waals surface area contributed by atoms with Crippen molar-refractivity contribution in [2.75, 3.05) is 6.54 Å². The highest BCUT2D eigenvalue weighted by atomic mass is 32.1. The number of nitrogens with zero attached hydrogens (tertiary/aromatic N) is 1. The van der Waals surface area contributed by atoms with Gasteiger partial charge in [0.25, 0.3) is 0 Å². The monoisotopic (exact) mass is 276 g/mol. The van der Waals surface area contributed by atoms with Crippen molar-refractivity contribution in [2.24, 2.45) is 11.3 Å². The standard InChI is InChI=1S/C15H20N2OS/c1-11-7-15(8-11,9-16)13(18)17-10-14(2,3)12-5-4-6-19-12/h4-6,11H,7-8,10H2,1-3H3,(H,17,18). The van der Waals surface area contributed by atoms with E-state index in [4.69, 9.17) is 0 Å². The smallest absolute Gasteiger partial charge is 0.240 e. The van der Waals surface area contributed by atoms with Crippen molar-refractivity contribution in [3.63, 3.8) is 0 Å². The predicted molar refractivity (Wildman–Crippen MR) is 76.8 cm³/mol. The first kappa shape index (κ1) is 14.1. The minimum Gasteiger partial charge on any atom is -0.354 e. The van der Waals surface area contributed by atoms with E-state index in [0.29, 0.717) is 25.3 Å². The molecular formula is C15H20N2OS. The molecule has 2 rings (SSSR count). The Morgan fingerprint density at radius 1 is 1.63 bits per heavy atom. The molecule has 0 aromatic carbocycles. The van der Waals surface area contributed by atoms with Crippen LogP contribution >= 0.6 is 11.3 Å². The minimum absolute atomic E-state index is 0.0875. The molecule has 1 aliphatic rings. The number of hydrogen-bond donors (Lipinski definition) is 1. The van der Waals surface area contributed by atoms with Gasteiger partial charge in [-0.1, -0.05) is 26.8 Å². The summed E-state index contributed by atoms with van der Waals surface area (Å²) in [7, 11) is 0. The number of thiophene rings is 1. The van der Waals surface area contributed by atoms with Gasteiger partial charge in [-0.25, -0.2) is 0 Å². The molecule has 3 nitrogen and oxygen atoms in total. The molecule has 0 saturated heterocycles. The van der Waals surface area contributed by atoms with Crippen LogP contribution in [0.3, 0.4) is 0 Å². The fraction of sp³-hybridized carbons (Fsp3) is 0.600. The largest absolute Gasteiger partial charge is 0.354 e. The number of carbonyl (C=O) groups excluding carboxylic acids is 1. The molecule has 0 atom stereocenters. The molecule has 0 radical (unpaired) electrons. The summed E-state index contributed by atoms with van der Waals surface area (Å²) in [6, 6.07) is 6.31. The maximum atomic E-state index is 12.2. The number of amides is 1. The molecule has 1 heterocycles. The van der Waals surface area contributed by atoms with Gasteiger partial charge in [0.05, 0.1) is 6.07 Å². The highest BCUT2D eigenvalue weighted by Gasteiger charge is 2.49. The van der Waals surface area contributed by atoms with E-state index in [0.717, 1.165) is 0 Å². The quantitative estimate of drug-likeness (QED) is 0.918. The van der Waals surface area contributed by atoms with Crippen molar-refractivity contribution >= 4 is 17.2 Å². The maximum absolute atomic E-state index is 12.2. The van der Waals surface area contributed by atoms with E-state index in [1.807, 2.05) is 11.4 Å². The lowest BCUT2D eigenvalue weighted by atomic mass is 9.63. The molecule has 1 N–H and O–H groups in total. The first-order chi connectivity index (χ1) is 8.89. The van der Waals surface area contributed by atoms with Crippen LogP contribution in [0, 0.1) is 22.7 Å². The van der Waals surface area contributed by atoms with Gasteiger partial charge in [-0.2, -0.15) is 5.26 Å². The lowest BCUT2D eigenvalue weighted by molar-refractivity contribution is -0.134. The van der Waals surface area contributed by atoms with Crippen molar-refractivity contribution < 1.29 is 4.79 Å². The lowest BCUT2D eigenvalue weighted by Crippen LogP contribution is -2.50. The van der Waals surface area contributed by atoms with Crippen LogP contribution in [-0.2, 0) is 10.2 Å². The zero-order valence-electron chi connectivity index (χ0n) is 11.7. The lowest BCUT2D eigenvalue weighted by Gasteiger charge is -2.39. The zero-order chi connectivity index (χ0) is 14.1. The van der Waals surface area contributed by atoms with Crippen LogP contribution < -0.4 is 5.32 Å². The fourth-order valence-corrected chi connectivity index (χ4v) is 3.53. The number of rotatable bonds is 4. The van der Waals surface area contributed by atoms with Crippen LogP contribution in [0.15, 0.2) is 17.5 Å². The van der Waals surface area contributed by atoms with Crippen molar-refractivity contribution in [2.45, 2.75) is 39.0 Å². The first-order valence-electron chi connectivity index (χ1n) is 6.63. The number of hydrogen-bond acceptors (Lipinski definition) is 3. The van der Waals surface area contributed by atoms with Gasteiger partial charge in [0.15, 0.2) is 0 Å². The van der Waals surface area contributed by atoms with E-state index in [1.165, 1.54) is 4.88 Å². The molecule has 1 saturated carbocycles. The Morgan fingerprint density at radius 3 is 2.79 bits per heavy atom. The summed E-state index contributed by atoms with van der Waals surface area (Å²) < 4.78 is 0. The van der Waals surface area contributed by atoms with E-state index < -0.39 is 5.41 Å². The zero-order valence-corrected chi connectivity index (χ0v) is 12.5. The molecule has 102 valence electrons. The molecular weight excluding hydrogens is 256 g/mol. The first-order valence-corrected chi connectivity index (χ1v) is 7.51. The number of carbonyl (C=O) groups is 1. The van der Waals surface area contributed by atoms with E-state index in [9.17, 15) is 10.1 Å². The third-order valence-corrected chi connectivity index (χ3v) is 5.16. The minimum atomic E-state index is -0.773. The van der Waals surface area contributed by atoms with E-state index in [2.05, 4.69) is 38.2 Å². The number of nitrogens with one attached hydrogen (secondary N) is 1. The highest BCUT2D eigenvalue weighted by molar-refractivity contribution is 7.10. The third-order valence-electron chi connectivity index (χ3n) is 3.92. The van der Waals surface area contributed by atoms with Gasteiger partial charge in [-0.15, -0.1) is 11.3 Å². The highest BCUT2D eigenvalue weighted by Crippen LogP contribution is 2.45. The Morgan fingerprint density at radius 2 is 2.32 bits per heavy atom. The second-order valence-corrected chi connectivity index (χ2v) is 7.20. The summed E-state index contributed by atoms with van der Waals surface area (Å²) in [5.41, 5.74) is -0.860. The van der Waals surface area contributed by atoms with Gasteiger partial charge in [-0.3, -0.25) is 4.79 Å². The summed E-state index contributed by atoms with van der Waals surface area (Å²) in [6.07, 6.45) is 1.38. The summed E-state index contributed by atoms with van der Waals surface area (Å²) in [5, 5.41) is 14.2. The van der Waals surface area contributed by atoms with Crippen molar-refractivity contribution in [1.29, 1.82) is 5.26 Å². The van der Waals surface area contributed by atoms with Gasteiger partial charge in [0, 0.05) is 16.8 Å². The van der Waals surface area contributed by atoms with Crippen LogP contribution in [0.5, 0.6) is 0 Å². The van der Waals surface area contributed by atoms with Crippen LogP contribution in [0.25, 0.3) is 0 Å². The Bertz CT molecular complexity index is 493. The average Bonchev–Trinajstić information content (AvgIpc) is 2.86. The molecule has 0 spiro atoms. The van der Waals surface area contributed by atoms with Gasteiger partial charge < -0.3 is 5.32 Å². The third kappa shape index (κ3) is 2.66. The Hall–Kier alpha value is -1.34. The van der Waals surface area contributed by atoms with Gasteiger partial charge >= 0.3 is 0 Å². The Balaban J connectivity index is 1.96. The molecule has 1 fully saturated rings. The molecule has 1 aromatic heterocycles. The molecule has 4 heteroatoms. The summed E-state index contributed by atoms with van der Waals surface area (Å²) in [5.74, 6) is 0.383. The Kier molecular flexibility index (Phi) is 3.69. The van der Waals surface area contributed by atoms with Crippen LogP contribution in [0.2, 0.25) is 0 Å². The predicted octanol–water partition coefficient (Wildman–Crippen LogP) is 3.08. The second-order valence-electron chi connectivity index (χ2n) is 6.25. The summed E-state index contributed by atoms with van der Waals surface area (Å²) >= 11 is 1.70. The van der Waals surface area contributed by atoms with E-state index in [-0.39, 0.29) is 11.3 Å². The van der Waals surface area contributed by atoms with Gasteiger partial charge in [0.1, 0.15) is 5.41 Å². The second kappa shape index (κ2) is 4.97. The fourth-order valence-electron chi connectivity index (χ4n) is 2.68. The SMILES string of the molecule is CC1CC(C#N)(C(=O)NCC(C)(C)c2cccs2)C1. The summed E-state index contributed by atoms with van der Waals surface area (Å²) in [4.78, 5) is 13.5. The topological polar surface area (TPSA) is 52.9 Å². The normalized spacial score (nSPS) is 26.3. The summed E-state index contributed by atoms with van der Waals surface area (Å²) in [6.45, 7) is 6.88. The van der Waals surface area contributed by atoms with Gasteiger partial charge in [-0.05, 0) is 30.2 Å². The van der Waals surface area contributed by atoms with E-state index >= 15 is 0 Å². The van der Waals surface area contributed by atoms with Crippen molar-refractivity contribution in [1.82, 2.24) is 5.32 Å². The average molecular weight is 276 g/mol. The molecule has 0 unspecified atom stereocenters. The van der Waals surface area contributed by atoms with Crippen LogP contribution in [0.4, 0.5) is 0 Å². The number of nitriles is 1. The van der Waals surface area contributed by atoms with Crippen LogP contribution in [0.1, 0.15) is 38.5 Å². The molecule has 0 bridgehead atoms. The molecule has 19 heavy (non-hydrogen) atoms. The Labute approximate surface area is 118 Å². The molecule has 1 amide bonds. The molecule has 0 aliphatic heterocycles. The van der Waals surface area contributed by atoms with E-state index in [1.54, 1.807) is 11.3 Å².